The van der Waals surface area contributed by atoms with Crippen LogP contribution in [0.15, 0.2) is 30.5 Å². The van der Waals surface area contributed by atoms with E-state index in [2.05, 4.69) is 37.6 Å². The van der Waals surface area contributed by atoms with Crippen molar-refractivity contribution in [2.45, 2.75) is 69.4 Å². The highest BCUT2D eigenvalue weighted by molar-refractivity contribution is 5.96. The monoisotopic (exact) mass is 534 g/mol. The summed E-state index contributed by atoms with van der Waals surface area (Å²) in [5, 5.41) is 6.34. The van der Waals surface area contributed by atoms with E-state index in [1.54, 1.807) is 20.3 Å². The molecule has 0 unspecified atom stereocenters. The molecular formula is C29H42N8O2. The van der Waals surface area contributed by atoms with Gasteiger partial charge < -0.3 is 31.1 Å². The zero-order valence-electron chi connectivity index (χ0n) is 23.2. The fraction of sp³-hybridized carbons (Fsp3) is 0.586. The summed E-state index contributed by atoms with van der Waals surface area (Å²) in [5.74, 6) is 0.951. The van der Waals surface area contributed by atoms with Gasteiger partial charge in [0.2, 0.25) is 0 Å². The van der Waals surface area contributed by atoms with Gasteiger partial charge in [0.15, 0.2) is 11.5 Å². The van der Waals surface area contributed by atoms with Gasteiger partial charge in [-0.25, -0.2) is 14.8 Å². The Morgan fingerprint density at radius 3 is 2.36 bits per heavy atom. The topological polar surface area (TPSA) is 120 Å². The normalized spacial score (nSPS) is 21.1. The highest BCUT2D eigenvalue weighted by atomic mass is 16.2. The molecule has 0 radical (unpaired) electrons. The van der Waals surface area contributed by atoms with Crippen molar-refractivity contribution in [1.82, 2.24) is 25.1 Å². The molecule has 39 heavy (non-hydrogen) atoms. The van der Waals surface area contributed by atoms with Crippen LogP contribution in [0, 0.1) is 0 Å². The number of aromatic nitrogens is 2. The summed E-state index contributed by atoms with van der Waals surface area (Å²) in [6.45, 7) is 3.80. The minimum atomic E-state index is -0.628. The van der Waals surface area contributed by atoms with Crippen LogP contribution in [-0.4, -0.2) is 84.1 Å². The van der Waals surface area contributed by atoms with Crippen molar-refractivity contribution in [3.8, 4) is 0 Å². The molecule has 3 fully saturated rings. The number of carbonyl (C=O) groups is 2. The second kappa shape index (κ2) is 12.2. The smallest absolute Gasteiger partial charge is 0.317 e. The highest BCUT2D eigenvalue weighted by Gasteiger charge is 2.28. The molecule has 2 saturated heterocycles. The Kier molecular flexibility index (Phi) is 8.50. The molecule has 10 nitrogen and oxygen atoms in total. The molecule has 1 saturated carbocycles. The Balaban J connectivity index is 1.24. The van der Waals surface area contributed by atoms with Crippen LogP contribution in [-0.2, 0) is 0 Å². The number of anilines is 3. The third-order valence-electron chi connectivity index (χ3n) is 8.49. The molecule has 3 aliphatic rings. The molecule has 2 aliphatic heterocycles. The summed E-state index contributed by atoms with van der Waals surface area (Å²) in [5.41, 5.74) is 7.94. The number of carbonyl (C=O) groups excluding carboxylic acids is 2. The van der Waals surface area contributed by atoms with Gasteiger partial charge in [0.1, 0.15) is 5.82 Å². The van der Waals surface area contributed by atoms with Crippen LogP contribution in [0.1, 0.15) is 73.3 Å². The van der Waals surface area contributed by atoms with E-state index in [-0.39, 0.29) is 17.8 Å². The number of nitrogens with one attached hydrogen (secondary N) is 2. The predicted molar refractivity (Wildman–Crippen MR) is 154 cm³/mol. The Morgan fingerprint density at radius 1 is 0.974 bits per heavy atom. The van der Waals surface area contributed by atoms with Gasteiger partial charge in [0.25, 0.3) is 5.91 Å². The maximum atomic E-state index is 12.1. The van der Waals surface area contributed by atoms with E-state index in [4.69, 9.17) is 10.7 Å². The van der Waals surface area contributed by atoms with Crippen LogP contribution in [0.4, 0.5) is 22.1 Å². The first kappa shape index (κ1) is 27.2. The predicted octanol–water partition coefficient (Wildman–Crippen LogP) is 3.68. The first-order chi connectivity index (χ1) is 18.9. The van der Waals surface area contributed by atoms with Gasteiger partial charge in [-0.1, -0.05) is 25.0 Å². The van der Waals surface area contributed by atoms with E-state index < -0.39 is 5.91 Å². The van der Waals surface area contributed by atoms with Gasteiger partial charge in [0, 0.05) is 45.0 Å². The second-order valence-electron chi connectivity index (χ2n) is 11.4. The molecule has 0 bridgehead atoms. The molecule has 0 spiro atoms. The van der Waals surface area contributed by atoms with Crippen LogP contribution >= 0.6 is 0 Å². The van der Waals surface area contributed by atoms with Crippen LogP contribution in [0.2, 0.25) is 0 Å². The summed E-state index contributed by atoms with van der Waals surface area (Å²) in [7, 11) is 3.46. The van der Waals surface area contributed by atoms with Crippen LogP contribution in [0.25, 0.3) is 0 Å². The third kappa shape index (κ3) is 6.61. The van der Waals surface area contributed by atoms with Gasteiger partial charge in [-0.05, 0) is 75.2 Å². The number of hydrogen-bond donors (Lipinski definition) is 3. The lowest BCUT2D eigenvalue weighted by Crippen LogP contribution is -2.50. The summed E-state index contributed by atoms with van der Waals surface area (Å²) in [6.07, 6.45) is 11.3. The molecule has 10 heteroatoms. The number of piperidine rings is 2. The van der Waals surface area contributed by atoms with E-state index in [0.717, 1.165) is 31.1 Å². The molecule has 1 aliphatic carbocycles. The van der Waals surface area contributed by atoms with Crippen LogP contribution in [0.3, 0.4) is 0 Å². The highest BCUT2D eigenvalue weighted by Crippen LogP contribution is 2.33. The number of benzene rings is 1. The molecular weight excluding hydrogens is 492 g/mol. The van der Waals surface area contributed by atoms with E-state index in [1.165, 1.54) is 62.1 Å². The zero-order valence-corrected chi connectivity index (χ0v) is 23.2. The van der Waals surface area contributed by atoms with Crippen molar-refractivity contribution in [3.63, 3.8) is 0 Å². The van der Waals surface area contributed by atoms with Crippen molar-refractivity contribution in [1.29, 1.82) is 0 Å². The van der Waals surface area contributed by atoms with E-state index in [9.17, 15) is 9.59 Å². The standard InChI is InChI=1S/C29H42N8O2/c1-35(2)29(39)33-23-6-5-15-37(19-23)25-18-31-26(27(30)38)28(34-25)32-22-11-9-20(10-12-22)21-13-16-36(17-14-21)24-7-3-4-8-24/h9-12,18,21,23-24H,3-8,13-17,19H2,1-2H3,(H2,30,38)(H,32,34)(H,33,39)/t23-/m1/s1. The largest absolute Gasteiger partial charge is 0.364 e. The minimum absolute atomic E-state index is 0.0141. The number of rotatable bonds is 7. The average Bonchev–Trinajstić information content (AvgIpc) is 3.49. The Morgan fingerprint density at radius 2 is 1.69 bits per heavy atom. The quantitative estimate of drug-likeness (QED) is 0.496. The number of likely N-dealkylation sites (tertiary alicyclic amines) is 1. The fourth-order valence-electron chi connectivity index (χ4n) is 6.25. The Labute approximate surface area is 231 Å². The first-order valence-electron chi connectivity index (χ1n) is 14.4. The summed E-state index contributed by atoms with van der Waals surface area (Å²) < 4.78 is 0. The van der Waals surface area contributed by atoms with Crippen LogP contribution in [0.5, 0.6) is 0 Å². The number of urea groups is 1. The molecule has 4 N–H and O–H groups in total. The van der Waals surface area contributed by atoms with Crippen molar-refractivity contribution in [2.24, 2.45) is 5.73 Å². The van der Waals surface area contributed by atoms with Crippen molar-refractivity contribution in [3.05, 3.63) is 41.7 Å². The lowest BCUT2D eigenvalue weighted by atomic mass is 9.88. The lowest BCUT2D eigenvalue weighted by Gasteiger charge is -2.36. The first-order valence-corrected chi connectivity index (χ1v) is 14.4. The number of nitrogens with zero attached hydrogens (tertiary/aromatic N) is 5. The van der Waals surface area contributed by atoms with E-state index in [0.29, 0.717) is 24.1 Å². The molecule has 1 aromatic heterocycles. The molecule has 3 heterocycles. The van der Waals surface area contributed by atoms with Gasteiger partial charge >= 0.3 is 6.03 Å². The maximum absolute atomic E-state index is 12.1. The SMILES string of the molecule is CN(C)C(=O)N[C@@H]1CCCN(c2cnc(C(N)=O)c(Nc3ccc(C4CCN(C5CCCC5)CC4)cc3)n2)C1. The molecule has 210 valence electrons. The second-order valence-corrected chi connectivity index (χ2v) is 11.4. The third-order valence-corrected chi connectivity index (χ3v) is 8.49. The number of hydrogen-bond acceptors (Lipinski definition) is 7. The van der Waals surface area contributed by atoms with E-state index in [1.807, 2.05) is 12.1 Å². The summed E-state index contributed by atoms with van der Waals surface area (Å²) in [6, 6.07) is 9.17. The average molecular weight is 535 g/mol. The van der Waals surface area contributed by atoms with Crippen molar-refractivity contribution >= 4 is 29.3 Å². The van der Waals surface area contributed by atoms with Gasteiger partial charge in [0.05, 0.1) is 6.20 Å². The Bertz CT molecular complexity index is 1140. The number of amides is 3. The molecule has 2 aromatic rings. The molecule has 3 amide bonds. The lowest BCUT2D eigenvalue weighted by molar-refractivity contribution is 0.0996. The van der Waals surface area contributed by atoms with Gasteiger partial charge in [-0.2, -0.15) is 0 Å². The molecule has 1 atom stereocenters. The number of primary amides is 1. The maximum Gasteiger partial charge on any atom is 0.317 e. The van der Waals surface area contributed by atoms with E-state index >= 15 is 0 Å². The Hall–Kier alpha value is -3.40. The summed E-state index contributed by atoms with van der Waals surface area (Å²) >= 11 is 0. The zero-order chi connectivity index (χ0) is 27.4. The molecule has 5 rings (SSSR count). The number of nitrogens with two attached hydrogens (primary N) is 1. The van der Waals surface area contributed by atoms with Crippen molar-refractivity contribution in [2.75, 3.05) is 50.5 Å². The van der Waals surface area contributed by atoms with Crippen LogP contribution < -0.4 is 21.3 Å². The fourth-order valence-corrected chi connectivity index (χ4v) is 6.25. The van der Waals surface area contributed by atoms with Crippen molar-refractivity contribution < 1.29 is 9.59 Å². The van der Waals surface area contributed by atoms with Gasteiger partial charge in [-0.15, -0.1) is 0 Å². The minimum Gasteiger partial charge on any atom is -0.364 e. The van der Waals surface area contributed by atoms with Gasteiger partial charge in [-0.3, -0.25) is 4.79 Å². The molecule has 1 aromatic carbocycles. The summed E-state index contributed by atoms with van der Waals surface area (Å²) in [4.78, 5) is 39.7.